The summed E-state index contributed by atoms with van der Waals surface area (Å²) in [5, 5.41) is 3.43. The van der Waals surface area contributed by atoms with Gasteiger partial charge in [0.1, 0.15) is 5.76 Å². The lowest BCUT2D eigenvalue weighted by Gasteiger charge is -2.22. The van der Waals surface area contributed by atoms with Crippen molar-refractivity contribution in [2.75, 3.05) is 18.7 Å². The number of pyridine rings is 1. The minimum atomic E-state index is -0.551. The molecule has 8 heteroatoms. The van der Waals surface area contributed by atoms with E-state index in [1.165, 1.54) is 0 Å². The van der Waals surface area contributed by atoms with Gasteiger partial charge in [0.2, 0.25) is 6.79 Å². The van der Waals surface area contributed by atoms with Crippen molar-refractivity contribution in [2.45, 2.75) is 19.3 Å². The third-order valence-electron chi connectivity index (χ3n) is 6.22. The van der Waals surface area contributed by atoms with Crippen molar-refractivity contribution >= 4 is 40.1 Å². The fraction of sp³-hybridized carbons (Fsp3) is 0.179. The van der Waals surface area contributed by atoms with Gasteiger partial charge in [0, 0.05) is 17.1 Å². The highest BCUT2D eigenvalue weighted by molar-refractivity contribution is 6.07. The predicted molar refractivity (Wildman–Crippen MR) is 133 cm³/mol. The number of rotatable bonds is 5. The summed E-state index contributed by atoms with van der Waals surface area (Å²) in [5.41, 5.74) is 4.29. The van der Waals surface area contributed by atoms with Crippen LogP contribution in [0.15, 0.2) is 65.3 Å². The topological polar surface area (TPSA) is 99.9 Å². The van der Waals surface area contributed by atoms with Gasteiger partial charge in [-0.25, -0.2) is 9.78 Å². The minimum absolute atomic E-state index is 0.146. The van der Waals surface area contributed by atoms with Crippen LogP contribution in [0.3, 0.4) is 0 Å². The van der Waals surface area contributed by atoms with E-state index in [2.05, 4.69) is 5.32 Å². The van der Waals surface area contributed by atoms with E-state index in [1.807, 2.05) is 42.5 Å². The number of carbonyl (C=O) groups excluding carboxylic acids is 2. The van der Waals surface area contributed by atoms with E-state index in [1.54, 1.807) is 24.5 Å². The predicted octanol–water partition coefficient (Wildman–Crippen LogP) is 5.23. The van der Waals surface area contributed by atoms with Crippen molar-refractivity contribution in [3.8, 4) is 11.5 Å². The first kappa shape index (κ1) is 21.9. The first-order valence-electron chi connectivity index (χ1n) is 11.7. The summed E-state index contributed by atoms with van der Waals surface area (Å²) in [4.78, 5) is 30.8. The number of hydrogen-bond donors (Lipinski definition) is 1. The standard InChI is InChI=1S/C28H22N2O6/c31-25(29-18-10-11-23-24(14-18)36-16-35-23)15-34-28(32)26-20-7-1-2-9-22(20)30-27-17(5-3-8-21(26)27)13-19-6-4-12-33-19/h1-2,4,6-7,9-14H,3,5,8,15-16H2,(H,29,31)/b17-13+. The molecule has 2 aromatic carbocycles. The van der Waals surface area contributed by atoms with Crippen LogP contribution in [0.1, 0.15) is 40.2 Å². The molecule has 8 nitrogen and oxygen atoms in total. The van der Waals surface area contributed by atoms with Gasteiger partial charge in [0.05, 0.1) is 23.0 Å². The number of nitrogens with zero attached hydrogens (tertiary/aromatic N) is 1. The van der Waals surface area contributed by atoms with Gasteiger partial charge in [0.15, 0.2) is 18.1 Å². The molecule has 0 unspecified atom stereocenters. The fourth-order valence-electron chi connectivity index (χ4n) is 4.63. The van der Waals surface area contributed by atoms with Crippen LogP contribution >= 0.6 is 0 Å². The lowest BCUT2D eigenvalue weighted by molar-refractivity contribution is -0.119. The molecule has 1 amide bonds. The van der Waals surface area contributed by atoms with Crippen molar-refractivity contribution < 1.29 is 28.2 Å². The Hall–Kier alpha value is -4.59. The zero-order valence-corrected chi connectivity index (χ0v) is 19.3. The van der Waals surface area contributed by atoms with Gasteiger partial charge < -0.3 is 23.9 Å². The number of anilines is 1. The number of ether oxygens (including phenoxy) is 3. The Kier molecular flexibility index (Phi) is 5.61. The van der Waals surface area contributed by atoms with Gasteiger partial charge in [-0.3, -0.25) is 4.79 Å². The van der Waals surface area contributed by atoms with Crippen molar-refractivity contribution in [1.29, 1.82) is 0 Å². The number of hydrogen-bond acceptors (Lipinski definition) is 7. The maximum Gasteiger partial charge on any atom is 0.339 e. The number of para-hydroxylation sites is 1. The van der Waals surface area contributed by atoms with Gasteiger partial charge in [-0.1, -0.05) is 18.2 Å². The molecule has 1 aliphatic heterocycles. The monoisotopic (exact) mass is 482 g/mol. The van der Waals surface area contributed by atoms with E-state index in [0.717, 1.165) is 35.4 Å². The number of aromatic nitrogens is 1. The van der Waals surface area contributed by atoms with E-state index in [0.29, 0.717) is 40.1 Å². The van der Waals surface area contributed by atoms with Crippen molar-refractivity contribution in [3.05, 3.63) is 83.4 Å². The second-order valence-corrected chi connectivity index (χ2v) is 8.56. The van der Waals surface area contributed by atoms with Gasteiger partial charge in [-0.2, -0.15) is 0 Å². The van der Waals surface area contributed by atoms with E-state index >= 15 is 0 Å². The van der Waals surface area contributed by atoms with Crippen LogP contribution in [0, 0.1) is 0 Å². The molecule has 0 saturated carbocycles. The zero-order valence-electron chi connectivity index (χ0n) is 19.3. The third-order valence-corrected chi connectivity index (χ3v) is 6.22. The number of carbonyl (C=O) groups is 2. The van der Waals surface area contributed by atoms with Crippen molar-refractivity contribution in [3.63, 3.8) is 0 Å². The van der Waals surface area contributed by atoms with Gasteiger partial charge in [-0.15, -0.1) is 0 Å². The maximum absolute atomic E-state index is 13.4. The number of amides is 1. The lowest BCUT2D eigenvalue weighted by atomic mass is 9.86. The molecular weight excluding hydrogens is 460 g/mol. The molecule has 2 aliphatic rings. The highest BCUT2D eigenvalue weighted by Crippen LogP contribution is 2.37. The smallest absolute Gasteiger partial charge is 0.339 e. The van der Waals surface area contributed by atoms with Crippen molar-refractivity contribution in [1.82, 2.24) is 4.98 Å². The molecule has 180 valence electrons. The van der Waals surface area contributed by atoms with Crippen LogP contribution in [0.25, 0.3) is 22.6 Å². The van der Waals surface area contributed by atoms with Crippen LogP contribution in [0.5, 0.6) is 11.5 Å². The average Bonchev–Trinajstić information content (AvgIpc) is 3.58. The molecule has 2 aromatic heterocycles. The Labute approximate surface area is 206 Å². The van der Waals surface area contributed by atoms with Crippen molar-refractivity contribution in [2.24, 2.45) is 0 Å². The normalized spacial score (nSPS) is 15.1. The fourth-order valence-corrected chi connectivity index (χ4v) is 4.63. The van der Waals surface area contributed by atoms with Gasteiger partial charge in [0.25, 0.3) is 5.91 Å². The van der Waals surface area contributed by atoms with Gasteiger partial charge >= 0.3 is 5.97 Å². The first-order chi connectivity index (χ1) is 17.7. The second-order valence-electron chi connectivity index (χ2n) is 8.56. The molecule has 0 saturated heterocycles. The highest BCUT2D eigenvalue weighted by Gasteiger charge is 2.26. The number of esters is 1. The molecule has 0 spiro atoms. The Bertz CT molecular complexity index is 1510. The molecule has 1 N–H and O–H groups in total. The minimum Gasteiger partial charge on any atom is -0.465 e. The summed E-state index contributed by atoms with van der Waals surface area (Å²) in [5.74, 6) is 0.905. The van der Waals surface area contributed by atoms with Gasteiger partial charge in [-0.05, 0) is 66.8 Å². The summed E-state index contributed by atoms with van der Waals surface area (Å²) in [7, 11) is 0. The van der Waals surface area contributed by atoms with Crippen LogP contribution in [0.2, 0.25) is 0 Å². The Morgan fingerprint density at radius 2 is 1.92 bits per heavy atom. The third kappa shape index (κ3) is 4.17. The molecule has 0 radical (unpaired) electrons. The molecular formula is C28H22N2O6. The SMILES string of the molecule is O=C(COC(=O)c1c2c(nc3ccccc13)/C(=C/c1ccco1)CCC2)Nc1ccc2c(c1)OCO2. The Morgan fingerprint density at radius 1 is 1.03 bits per heavy atom. The van der Waals surface area contributed by atoms with Crippen LogP contribution in [-0.2, 0) is 16.0 Å². The molecule has 6 rings (SSSR count). The largest absolute Gasteiger partial charge is 0.465 e. The second kappa shape index (κ2) is 9.22. The summed E-state index contributed by atoms with van der Waals surface area (Å²) in [6, 6.07) is 16.3. The number of nitrogens with one attached hydrogen (secondary N) is 1. The highest BCUT2D eigenvalue weighted by atomic mass is 16.7. The molecule has 0 bridgehead atoms. The van der Waals surface area contributed by atoms with Crippen LogP contribution in [-0.4, -0.2) is 30.3 Å². The molecule has 1 aliphatic carbocycles. The average molecular weight is 482 g/mol. The zero-order chi connectivity index (χ0) is 24.5. The van der Waals surface area contributed by atoms with E-state index in [4.69, 9.17) is 23.6 Å². The van der Waals surface area contributed by atoms with E-state index in [9.17, 15) is 9.59 Å². The van der Waals surface area contributed by atoms with E-state index < -0.39 is 18.5 Å². The number of furan rings is 1. The maximum atomic E-state index is 13.4. The quantitative estimate of drug-likeness (QED) is 0.389. The molecule has 0 fully saturated rings. The summed E-state index contributed by atoms with van der Waals surface area (Å²) in [6.45, 7) is -0.277. The first-order valence-corrected chi connectivity index (χ1v) is 11.7. The summed E-state index contributed by atoms with van der Waals surface area (Å²) in [6.07, 6.45) is 5.97. The number of allylic oxidation sites excluding steroid dienone is 1. The lowest BCUT2D eigenvalue weighted by Crippen LogP contribution is -2.22. The molecule has 36 heavy (non-hydrogen) atoms. The summed E-state index contributed by atoms with van der Waals surface area (Å²) < 4.78 is 21.6. The van der Waals surface area contributed by atoms with E-state index in [-0.39, 0.29) is 6.79 Å². The number of fused-ring (bicyclic) bond motifs is 3. The molecule has 3 heterocycles. The van der Waals surface area contributed by atoms with Crippen LogP contribution in [0.4, 0.5) is 5.69 Å². The molecule has 4 aromatic rings. The molecule has 0 atom stereocenters. The Balaban J connectivity index is 1.27. The van der Waals surface area contributed by atoms with Crippen LogP contribution < -0.4 is 14.8 Å². The number of benzene rings is 2. The Morgan fingerprint density at radius 3 is 2.81 bits per heavy atom. The summed E-state index contributed by atoms with van der Waals surface area (Å²) >= 11 is 0.